The van der Waals surface area contributed by atoms with Gasteiger partial charge in [0.2, 0.25) is 0 Å². The van der Waals surface area contributed by atoms with Crippen molar-refractivity contribution in [1.29, 1.82) is 0 Å². The zero-order chi connectivity index (χ0) is 14.7. The predicted molar refractivity (Wildman–Crippen MR) is 74.0 cm³/mol. The lowest BCUT2D eigenvalue weighted by Crippen LogP contribution is -2.29. The molecule has 0 aromatic carbocycles. The molecule has 0 saturated heterocycles. The normalized spacial score (nSPS) is 34.2. The molecule has 2 fully saturated rings. The van der Waals surface area contributed by atoms with Crippen LogP contribution in [0.15, 0.2) is 0 Å². The molecular formula is C16H25FO3. The zero-order valence-electron chi connectivity index (χ0n) is 12.2. The van der Waals surface area contributed by atoms with Crippen molar-refractivity contribution >= 4 is 11.6 Å². The van der Waals surface area contributed by atoms with E-state index in [-0.39, 0.29) is 36.2 Å². The van der Waals surface area contributed by atoms with Gasteiger partial charge in [-0.15, -0.1) is 0 Å². The monoisotopic (exact) mass is 284 g/mol. The Kier molecular flexibility index (Phi) is 5.30. The van der Waals surface area contributed by atoms with Gasteiger partial charge in [0.05, 0.1) is 6.10 Å². The van der Waals surface area contributed by atoms with Gasteiger partial charge >= 0.3 is 0 Å². The van der Waals surface area contributed by atoms with Crippen LogP contribution in [0.5, 0.6) is 0 Å². The van der Waals surface area contributed by atoms with E-state index in [0.717, 1.165) is 12.8 Å². The van der Waals surface area contributed by atoms with E-state index in [0.29, 0.717) is 25.7 Å². The van der Waals surface area contributed by atoms with Gasteiger partial charge in [0, 0.05) is 25.2 Å². The highest BCUT2D eigenvalue weighted by Crippen LogP contribution is 2.47. The van der Waals surface area contributed by atoms with Crippen molar-refractivity contribution in [2.45, 2.75) is 70.6 Å². The molecule has 0 heterocycles. The highest BCUT2D eigenvalue weighted by Gasteiger charge is 2.50. The van der Waals surface area contributed by atoms with Gasteiger partial charge in [-0.3, -0.25) is 9.59 Å². The number of unbranched alkanes of at least 4 members (excludes halogenated alkanes) is 1. The molecule has 1 N–H and O–H groups in total. The predicted octanol–water partition coefficient (Wildman–Crippen LogP) is 2.84. The fraction of sp³-hybridized carbons (Fsp3) is 0.875. The second kappa shape index (κ2) is 6.79. The quantitative estimate of drug-likeness (QED) is 0.782. The lowest BCUT2D eigenvalue weighted by Gasteiger charge is -2.19. The number of alkyl halides is 1. The van der Waals surface area contributed by atoms with Gasteiger partial charge in [-0.05, 0) is 31.1 Å². The van der Waals surface area contributed by atoms with Crippen LogP contribution in [-0.2, 0) is 9.59 Å². The Labute approximate surface area is 119 Å². The van der Waals surface area contributed by atoms with Crippen molar-refractivity contribution in [3.05, 3.63) is 0 Å². The van der Waals surface area contributed by atoms with Crippen LogP contribution in [0.2, 0.25) is 0 Å². The maximum atomic E-state index is 13.6. The molecule has 0 radical (unpaired) electrons. The van der Waals surface area contributed by atoms with E-state index in [2.05, 4.69) is 0 Å². The largest absolute Gasteiger partial charge is 0.392 e. The molecule has 2 aliphatic carbocycles. The Morgan fingerprint density at radius 2 is 2.15 bits per heavy atom. The Morgan fingerprint density at radius 1 is 1.40 bits per heavy atom. The number of carbonyl (C=O) groups excluding carboxylic acids is 2. The first-order chi connectivity index (χ1) is 9.52. The molecule has 4 heteroatoms. The van der Waals surface area contributed by atoms with Crippen LogP contribution in [0.4, 0.5) is 4.39 Å². The molecule has 0 aliphatic heterocycles. The molecular weight excluding hydrogens is 259 g/mol. The van der Waals surface area contributed by atoms with Crippen LogP contribution in [0.1, 0.15) is 58.3 Å². The molecule has 0 aromatic rings. The number of fused-ring (bicyclic) bond motifs is 1. The van der Waals surface area contributed by atoms with E-state index >= 15 is 0 Å². The standard InChI is InChI=1S/C16H25FO3/c1-2-3-4-11(17)5-6-14(19)16-13-9-12(18)7-10(13)8-15(16)20/h10-11,13,15-16,20H,2-9H2,1H3/t10-,11?,13-,15+,16-/m0/s1. The topological polar surface area (TPSA) is 54.4 Å². The Hall–Kier alpha value is -0.770. The Bertz CT molecular complexity index is 369. The van der Waals surface area contributed by atoms with Crippen molar-refractivity contribution in [1.82, 2.24) is 0 Å². The summed E-state index contributed by atoms with van der Waals surface area (Å²) in [5, 5.41) is 10.0. The summed E-state index contributed by atoms with van der Waals surface area (Å²) in [6.45, 7) is 2.02. The maximum absolute atomic E-state index is 13.6. The number of hydrogen-bond acceptors (Lipinski definition) is 3. The van der Waals surface area contributed by atoms with E-state index in [1.165, 1.54) is 0 Å². The van der Waals surface area contributed by atoms with Gasteiger partial charge in [0.1, 0.15) is 17.7 Å². The third kappa shape index (κ3) is 3.46. The van der Waals surface area contributed by atoms with E-state index < -0.39 is 18.2 Å². The first-order valence-corrected chi connectivity index (χ1v) is 7.89. The Morgan fingerprint density at radius 3 is 2.85 bits per heavy atom. The molecule has 2 saturated carbocycles. The summed E-state index contributed by atoms with van der Waals surface area (Å²) in [4.78, 5) is 23.7. The number of carbonyl (C=O) groups is 2. The summed E-state index contributed by atoms with van der Waals surface area (Å²) in [5.74, 6) is -0.0777. The van der Waals surface area contributed by atoms with Crippen LogP contribution >= 0.6 is 0 Å². The number of Topliss-reactive ketones (excluding diaryl/α,β-unsaturated/α-hetero) is 2. The average Bonchev–Trinajstić information content (AvgIpc) is 2.87. The molecule has 5 atom stereocenters. The van der Waals surface area contributed by atoms with Crippen molar-refractivity contribution in [3.63, 3.8) is 0 Å². The molecule has 3 nitrogen and oxygen atoms in total. The Balaban J connectivity index is 1.84. The summed E-state index contributed by atoms with van der Waals surface area (Å²) in [6, 6.07) is 0. The van der Waals surface area contributed by atoms with Crippen molar-refractivity contribution in [2.75, 3.05) is 0 Å². The number of hydrogen-bond donors (Lipinski definition) is 1. The summed E-state index contributed by atoms with van der Waals surface area (Å²) in [7, 11) is 0. The minimum absolute atomic E-state index is 0.0127. The molecule has 0 amide bonds. The zero-order valence-corrected chi connectivity index (χ0v) is 12.2. The maximum Gasteiger partial charge on any atom is 0.138 e. The van der Waals surface area contributed by atoms with E-state index in [1.54, 1.807) is 0 Å². The third-order valence-corrected chi connectivity index (χ3v) is 4.93. The van der Waals surface area contributed by atoms with Gasteiger partial charge in [-0.2, -0.15) is 0 Å². The van der Waals surface area contributed by atoms with Crippen LogP contribution in [0.25, 0.3) is 0 Å². The summed E-state index contributed by atoms with van der Waals surface area (Å²) >= 11 is 0. The number of halogens is 1. The highest BCUT2D eigenvalue weighted by atomic mass is 19.1. The summed E-state index contributed by atoms with van der Waals surface area (Å²) < 4.78 is 13.6. The molecule has 0 spiro atoms. The van der Waals surface area contributed by atoms with Crippen molar-refractivity contribution in [2.24, 2.45) is 17.8 Å². The van der Waals surface area contributed by atoms with E-state index in [4.69, 9.17) is 0 Å². The smallest absolute Gasteiger partial charge is 0.138 e. The average molecular weight is 284 g/mol. The molecule has 114 valence electrons. The van der Waals surface area contributed by atoms with Gasteiger partial charge in [-0.1, -0.05) is 19.8 Å². The van der Waals surface area contributed by atoms with Crippen LogP contribution < -0.4 is 0 Å². The van der Waals surface area contributed by atoms with Gasteiger partial charge in [0.25, 0.3) is 0 Å². The SMILES string of the molecule is CCCCC(F)CCC(=O)[C@@H]1[C@H]2CC(=O)C[C@H]2C[C@H]1O. The molecule has 1 unspecified atom stereocenters. The lowest BCUT2D eigenvalue weighted by molar-refractivity contribution is -0.127. The van der Waals surface area contributed by atoms with Gasteiger partial charge in [-0.25, -0.2) is 4.39 Å². The third-order valence-electron chi connectivity index (χ3n) is 4.93. The fourth-order valence-corrected chi connectivity index (χ4v) is 3.87. The van der Waals surface area contributed by atoms with Gasteiger partial charge in [0.15, 0.2) is 0 Å². The second-order valence-electron chi connectivity index (χ2n) is 6.44. The summed E-state index contributed by atoms with van der Waals surface area (Å²) in [6.07, 6.45) is 2.72. The van der Waals surface area contributed by atoms with Gasteiger partial charge < -0.3 is 5.11 Å². The van der Waals surface area contributed by atoms with E-state index in [1.807, 2.05) is 6.92 Å². The molecule has 20 heavy (non-hydrogen) atoms. The van der Waals surface area contributed by atoms with Crippen molar-refractivity contribution in [3.8, 4) is 0 Å². The van der Waals surface area contributed by atoms with Crippen LogP contribution in [0.3, 0.4) is 0 Å². The minimum atomic E-state index is -0.918. The molecule has 2 aliphatic rings. The van der Waals surface area contributed by atoms with Crippen molar-refractivity contribution < 1.29 is 19.1 Å². The van der Waals surface area contributed by atoms with E-state index in [9.17, 15) is 19.1 Å². The summed E-state index contributed by atoms with van der Waals surface area (Å²) in [5.41, 5.74) is 0. The first-order valence-electron chi connectivity index (χ1n) is 7.89. The minimum Gasteiger partial charge on any atom is -0.392 e. The molecule has 0 aromatic heterocycles. The molecule has 0 bridgehead atoms. The highest BCUT2D eigenvalue weighted by molar-refractivity contribution is 5.86. The van der Waals surface area contributed by atoms with Crippen LogP contribution in [-0.4, -0.2) is 28.9 Å². The molecule has 2 rings (SSSR count). The second-order valence-corrected chi connectivity index (χ2v) is 6.44. The number of ketones is 2. The fourth-order valence-electron chi connectivity index (χ4n) is 3.87. The first kappa shape index (κ1) is 15.6. The number of aliphatic hydroxyl groups excluding tert-OH is 1. The number of rotatable bonds is 7. The van der Waals surface area contributed by atoms with Crippen LogP contribution in [0, 0.1) is 17.8 Å². The number of aliphatic hydroxyl groups is 1. The lowest BCUT2D eigenvalue weighted by atomic mass is 9.86.